The average molecular weight is 301 g/mol. The van der Waals surface area contributed by atoms with Gasteiger partial charge in [-0.2, -0.15) is 5.10 Å². The summed E-state index contributed by atoms with van der Waals surface area (Å²) < 4.78 is 0. The lowest BCUT2D eigenvalue weighted by molar-refractivity contribution is 0.0955. The number of nitrogens with zero attached hydrogens (tertiary/aromatic N) is 1. The van der Waals surface area contributed by atoms with Crippen LogP contribution in [-0.4, -0.2) is 11.6 Å². The molecule has 0 aliphatic rings. The van der Waals surface area contributed by atoms with Crippen LogP contribution in [0.1, 0.15) is 35.7 Å². The number of carbonyl (C=O) groups excluding carboxylic acids is 1. The SMILES string of the molecule is CCC/C(=N\NC(=O)c1ccccc1Cl)c1ccccc1. The van der Waals surface area contributed by atoms with E-state index in [4.69, 9.17) is 11.6 Å². The molecule has 0 saturated heterocycles. The standard InChI is InChI=1S/C17H17ClN2O/c1-2-8-16(13-9-4-3-5-10-13)19-20-17(21)14-11-6-7-12-15(14)18/h3-7,9-12H,2,8H2,1H3,(H,20,21)/b19-16+. The first-order chi connectivity index (χ1) is 10.2. The smallest absolute Gasteiger partial charge is 0.267 e. The molecule has 3 nitrogen and oxygen atoms in total. The summed E-state index contributed by atoms with van der Waals surface area (Å²) in [4.78, 5) is 12.1. The molecule has 0 spiro atoms. The fraction of sp³-hybridized carbons (Fsp3) is 0.176. The number of hydrogen-bond acceptors (Lipinski definition) is 2. The maximum absolute atomic E-state index is 12.1. The molecule has 0 aliphatic heterocycles. The molecular formula is C17H17ClN2O. The summed E-state index contributed by atoms with van der Waals surface area (Å²) in [6.45, 7) is 2.08. The molecule has 0 fully saturated rings. The van der Waals surface area contributed by atoms with Crippen LogP contribution in [0, 0.1) is 0 Å². The molecule has 1 N–H and O–H groups in total. The van der Waals surface area contributed by atoms with Gasteiger partial charge in [-0.05, 0) is 24.1 Å². The van der Waals surface area contributed by atoms with Gasteiger partial charge in [0.1, 0.15) is 0 Å². The first-order valence-electron chi connectivity index (χ1n) is 6.89. The molecule has 4 heteroatoms. The number of benzene rings is 2. The molecule has 2 rings (SSSR count). The predicted octanol–water partition coefficient (Wildman–Crippen LogP) is 4.27. The number of halogens is 1. The monoisotopic (exact) mass is 300 g/mol. The minimum absolute atomic E-state index is 0.301. The van der Waals surface area contributed by atoms with Crippen LogP contribution in [0.3, 0.4) is 0 Å². The van der Waals surface area contributed by atoms with Gasteiger partial charge in [0.05, 0.1) is 16.3 Å². The maximum atomic E-state index is 12.1. The molecule has 0 atom stereocenters. The Bertz CT molecular complexity index is 638. The Morgan fingerprint density at radius 2 is 1.76 bits per heavy atom. The zero-order valence-corrected chi connectivity index (χ0v) is 12.6. The van der Waals surface area contributed by atoms with E-state index in [-0.39, 0.29) is 5.91 Å². The third kappa shape index (κ3) is 4.17. The summed E-state index contributed by atoms with van der Waals surface area (Å²) in [5.41, 5.74) is 4.88. The van der Waals surface area contributed by atoms with Crippen LogP contribution in [0.5, 0.6) is 0 Å². The van der Waals surface area contributed by atoms with Gasteiger partial charge >= 0.3 is 0 Å². The van der Waals surface area contributed by atoms with E-state index in [1.54, 1.807) is 24.3 Å². The van der Waals surface area contributed by atoms with Crippen molar-refractivity contribution >= 4 is 23.2 Å². The molecule has 0 saturated carbocycles. The molecule has 0 radical (unpaired) electrons. The fourth-order valence-corrected chi connectivity index (χ4v) is 2.18. The number of hydrogen-bond donors (Lipinski definition) is 1. The van der Waals surface area contributed by atoms with Crippen LogP contribution < -0.4 is 5.43 Å². The lowest BCUT2D eigenvalue weighted by Crippen LogP contribution is -2.20. The highest BCUT2D eigenvalue weighted by molar-refractivity contribution is 6.33. The van der Waals surface area contributed by atoms with E-state index in [2.05, 4.69) is 17.5 Å². The van der Waals surface area contributed by atoms with Gasteiger partial charge in [0.15, 0.2) is 0 Å². The average Bonchev–Trinajstić information content (AvgIpc) is 2.52. The predicted molar refractivity (Wildman–Crippen MR) is 86.8 cm³/mol. The summed E-state index contributed by atoms with van der Waals surface area (Å²) in [7, 11) is 0. The Hall–Kier alpha value is -2.13. The second-order valence-corrected chi connectivity index (χ2v) is 5.00. The van der Waals surface area contributed by atoms with Crippen LogP contribution in [0.25, 0.3) is 0 Å². The van der Waals surface area contributed by atoms with Gasteiger partial charge in [-0.1, -0.05) is 67.4 Å². The molecule has 2 aromatic rings. The van der Waals surface area contributed by atoms with Crippen molar-refractivity contribution in [3.05, 3.63) is 70.7 Å². The fourth-order valence-electron chi connectivity index (χ4n) is 1.96. The molecule has 108 valence electrons. The molecule has 0 aliphatic carbocycles. The second-order valence-electron chi connectivity index (χ2n) is 4.60. The Kier molecular flexibility index (Phi) is 5.52. The van der Waals surface area contributed by atoms with Gasteiger partial charge in [0.2, 0.25) is 0 Å². The number of amides is 1. The van der Waals surface area contributed by atoms with Gasteiger partial charge in [0, 0.05) is 0 Å². The van der Waals surface area contributed by atoms with E-state index < -0.39 is 0 Å². The van der Waals surface area contributed by atoms with Crippen LogP contribution in [-0.2, 0) is 0 Å². The third-order valence-corrected chi connectivity index (χ3v) is 3.33. The maximum Gasteiger partial charge on any atom is 0.272 e. The first-order valence-corrected chi connectivity index (χ1v) is 7.27. The van der Waals surface area contributed by atoms with E-state index in [9.17, 15) is 4.79 Å². The molecule has 21 heavy (non-hydrogen) atoms. The van der Waals surface area contributed by atoms with Crippen LogP contribution in [0.15, 0.2) is 59.7 Å². The van der Waals surface area contributed by atoms with E-state index in [1.165, 1.54) is 0 Å². The number of hydrazone groups is 1. The van der Waals surface area contributed by atoms with Gasteiger partial charge in [0.25, 0.3) is 5.91 Å². The summed E-state index contributed by atoms with van der Waals surface area (Å²) in [6, 6.07) is 16.7. The van der Waals surface area contributed by atoms with Gasteiger partial charge in [-0.25, -0.2) is 5.43 Å². The highest BCUT2D eigenvalue weighted by atomic mass is 35.5. The molecule has 2 aromatic carbocycles. The summed E-state index contributed by atoms with van der Waals surface area (Å²) >= 11 is 6.00. The van der Waals surface area contributed by atoms with Crippen molar-refractivity contribution in [1.82, 2.24) is 5.43 Å². The van der Waals surface area contributed by atoms with Crippen molar-refractivity contribution in [3.8, 4) is 0 Å². The van der Waals surface area contributed by atoms with Crippen molar-refractivity contribution in [2.75, 3.05) is 0 Å². The van der Waals surface area contributed by atoms with Crippen LogP contribution in [0.4, 0.5) is 0 Å². The van der Waals surface area contributed by atoms with Gasteiger partial charge < -0.3 is 0 Å². The summed E-state index contributed by atoms with van der Waals surface area (Å²) in [5, 5.41) is 4.68. The molecule has 0 heterocycles. The number of carbonyl (C=O) groups is 1. The van der Waals surface area contributed by atoms with E-state index in [0.29, 0.717) is 10.6 Å². The zero-order valence-electron chi connectivity index (χ0n) is 11.8. The van der Waals surface area contributed by atoms with E-state index >= 15 is 0 Å². The number of rotatable bonds is 5. The normalized spacial score (nSPS) is 11.2. The quantitative estimate of drug-likeness (QED) is 0.650. The zero-order chi connectivity index (χ0) is 15.1. The topological polar surface area (TPSA) is 41.5 Å². The Morgan fingerprint density at radius 1 is 1.10 bits per heavy atom. The van der Waals surface area contributed by atoms with Gasteiger partial charge in [-0.3, -0.25) is 4.79 Å². The van der Waals surface area contributed by atoms with Crippen molar-refractivity contribution < 1.29 is 4.79 Å². The first kappa shape index (κ1) is 15.3. The van der Waals surface area contributed by atoms with Crippen molar-refractivity contribution in [1.29, 1.82) is 0 Å². The Balaban J connectivity index is 2.17. The molecular weight excluding hydrogens is 284 g/mol. The highest BCUT2D eigenvalue weighted by Gasteiger charge is 2.09. The summed E-state index contributed by atoms with van der Waals surface area (Å²) in [5.74, 6) is -0.301. The van der Waals surface area contributed by atoms with E-state index in [0.717, 1.165) is 24.1 Å². The van der Waals surface area contributed by atoms with Crippen molar-refractivity contribution in [2.24, 2.45) is 5.10 Å². The van der Waals surface area contributed by atoms with Crippen molar-refractivity contribution in [3.63, 3.8) is 0 Å². The Labute approximate surface area is 129 Å². The summed E-state index contributed by atoms with van der Waals surface area (Å²) in [6.07, 6.45) is 1.75. The molecule has 1 amide bonds. The molecule has 0 aromatic heterocycles. The largest absolute Gasteiger partial charge is 0.272 e. The Morgan fingerprint density at radius 3 is 2.43 bits per heavy atom. The lowest BCUT2D eigenvalue weighted by Gasteiger charge is -2.07. The third-order valence-electron chi connectivity index (χ3n) is 3.00. The van der Waals surface area contributed by atoms with Gasteiger partial charge in [-0.15, -0.1) is 0 Å². The van der Waals surface area contributed by atoms with Crippen LogP contribution in [0.2, 0.25) is 5.02 Å². The lowest BCUT2D eigenvalue weighted by atomic mass is 10.1. The number of nitrogens with one attached hydrogen (secondary N) is 1. The second kappa shape index (κ2) is 7.60. The van der Waals surface area contributed by atoms with E-state index in [1.807, 2.05) is 30.3 Å². The highest BCUT2D eigenvalue weighted by Crippen LogP contribution is 2.14. The molecule has 0 unspecified atom stereocenters. The minimum atomic E-state index is -0.301. The minimum Gasteiger partial charge on any atom is -0.267 e. The molecule has 0 bridgehead atoms. The van der Waals surface area contributed by atoms with Crippen LogP contribution >= 0.6 is 11.6 Å². The van der Waals surface area contributed by atoms with Crippen molar-refractivity contribution in [2.45, 2.75) is 19.8 Å².